The first-order chi connectivity index (χ1) is 19.9. The fraction of sp³-hybridized carbons (Fsp3) is 0.613. The van der Waals surface area contributed by atoms with Crippen LogP contribution in [0.25, 0.3) is 10.4 Å². The van der Waals surface area contributed by atoms with Crippen molar-refractivity contribution in [3.8, 4) is 10.4 Å². The van der Waals surface area contributed by atoms with E-state index in [2.05, 4.69) is 20.9 Å². The lowest BCUT2D eigenvalue weighted by molar-refractivity contribution is -0.144. The average Bonchev–Trinajstić information content (AvgIpc) is 3.56. The van der Waals surface area contributed by atoms with Crippen molar-refractivity contribution in [1.29, 1.82) is 0 Å². The van der Waals surface area contributed by atoms with E-state index < -0.39 is 23.6 Å². The van der Waals surface area contributed by atoms with Crippen molar-refractivity contribution in [2.45, 2.75) is 78.1 Å². The van der Waals surface area contributed by atoms with E-state index >= 15 is 0 Å². The maximum atomic E-state index is 13.8. The van der Waals surface area contributed by atoms with Crippen LogP contribution >= 0.6 is 11.3 Å². The third-order valence-electron chi connectivity index (χ3n) is 8.11. The number of carbonyl (C=O) groups excluding carboxylic acids is 3. The van der Waals surface area contributed by atoms with Gasteiger partial charge in [0.25, 0.3) is 0 Å². The lowest BCUT2D eigenvalue weighted by Gasteiger charge is -2.35. The Balaban J connectivity index is 1.37. The molecule has 1 aromatic heterocycles. The molecule has 2 saturated heterocycles. The number of nitrogens with one attached hydrogen (secondary N) is 3. The molecule has 2 aromatic rings. The minimum absolute atomic E-state index is 0.0306. The molecule has 0 saturated carbocycles. The number of benzene rings is 1. The summed E-state index contributed by atoms with van der Waals surface area (Å²) in [5, 5.41) is 19.7. The van der Waals surface area contributed by atoms with Gasteiger partial charge < -0.3 is 30.7 Å². The maximum Gasteiger partial charge on any atom is 0.246 e. The number of piperidine rings is 1. The Morgan fingerprint density at radius 1 is 1.17 bits per heavy atom. The van der Waals surface area contributed by atoms with Crippen molar-refractivity contribution >= 4 is 29.1 Å². The van der Waals surface area contributed by atoms with E-state index in [9.17, 15) is 19.5 Å². The number of rotatable bonds is 10. The van der Waals surface area contributed by atoms with Crippen LogP contribution < -0.4 is 16.0 Å². The Labute approximate surface area is 252 Å². The number of β-amino-alcohol motifs (C(OH)–C–C–N with tert-alkyl or cyclic N) is 1. The minimum atomic E-state index is -0.881. The lowest BCUT2D eigenvalue weighted by atomic mass is 9.85. The Kier molecular flexibility index (Phi) is 10.7. The number of ether oxygens (including phenoxy) is 1. The highest BCUT2D eigenvalue weighted by Crippen LogP contribution is 2.29. The average molecular weight is 600 g/mol. The van der Waals surface area contributed by atoms with E-state index in [1.165, 1.54) is 4.90 Å². The maximum absolute atomic E-state index is 13.8. The van der Waals surface area contributed by atoms with E-state index in [4.69, 9.17) is 4.74 Å². The summed E-state index contributed by atoms with van der Waals surface area (Å²) in [6, 6.07) is 5.95. The summed E-state index contributed by atoms with van der Waals surface area (Å²) >= 11 is 1.59. The number of aliphatic hydroxyl groups is 1. The van der Waals surface area contributed by atoms with Crippen LogP contribution in [0.2, 0.25) is 0 Å². The number of hydrogen-bond acceptors (Lipinski definition) is 8. The number of hydrogen-bond donors (Lipinski definition) is 4. The van der Waals surface area contributed by atoms with Crippen LogP contribution in [0.1, 0.15) is 64.3 Å². The molecule has 3 amide bonds. The first-order valence-electron chi connectivity index (χ1n) is 14.8. The molecule has 0 radical (unpaired) electrons. The Morgan fingerprint density at radius 3 is 2.48 bits per heavy atom. The van der Waals surface area contributed by atoms with Crippen molar-refractivity contribution in [3.05, 3.63) is 41.0 Å². The fourth-order valence-electron chi connectivity index (χ4n) is 5.58. The summed E-state index contributed by atoms with van der Waals surface area (Å²) in [4.78, 5) is 46.9. The number of amides is 3. The summed E-state index contributed by atoms with van der Waals surface area (Å²) in [6.07, 6.45) is 1.34. The molecule has 10 nitrogen and oxygen atoms in total. The zero-order chi connectivity index (χ0) is 30.4. The predicted molar refractivity (Wildman–Crippen MR) is 163 cm³/mol. The molecule has 0 unspecified atom stereocenters. The van der Waals surface area contributed by atoms with Gasteiger partial charge in [-0.15, -0.1) is 11.3 Å². The fourth-order valence-corrected chi connectivity index (χ4v) is 6.40. The predicted octanol–water partition coefficient (Wildman–Crippen LogP) is 2.80. The lowest BCUT2D eigenvalue weighted by Crippen LogP contribution is -2.58. The van der Waals surface area contributed by atoms with Crippen LogP contribution in [0, 0.1) is 18.3 Å². The van der Waals surface area contributed by atoms with E-state index in [-0.39, 0.29) is 43.3 Å². The van der Waals surface area contributed by atoms with Crippen LogP contribution in [0.3, 0.4) is 0 Å². The van der Waals surface area contributed by atoms with Crippen molar-refractivity contribution in [2.75, 3.05) is 32.8 Å². The Bertz CT molecular complexity index is 1220. The molecule has 0 spiro atoms. The summed E-state index contributed by atoms with van der Waals surface area (Å²) in [6.45, 7) is 11.8. The highest BCUT2D eigenvalue weighted by molar-refractivity contribution is 7.13. The van der Waals surface area contributed by atoms with E-state index in [1.807, 2.05) is 64.4 Å². The second-order valence-corrected chi connectivity index (χ2v) is 13.4. The summed E-state index contributed by atoms with van der Waals surface area (Å²) in [5.41, 5.74) is 4.18. The van der Waals surface area contributed by atoms with Gasteiger partial charge in [0.2, 0.25) is 17.7 Å². The van der Waals surface area contributed by atoms with Crippen LogP contribution in [0.4, 0.5) is 0 Å². The number of likely N-dealkylation sites (tertiary alicyclic amines) is 1. The molecule has 2 aliphatic heterocycles. The van der Waals surface area contributed by atoms with E-state index in [0.717, 1.165) is 47.6 Å². The number of aryl methyl sites for hydroxylation is 1. The van der Waals surface area contributed by atoms with E-state index in [0.29, 0.717) is 12.5 Å². The third kappa shape index (κ3) is 8.15. The SMILES string of the molecule is Cc1ncsc1-c1ccc([C@H](C)NC(=O)[C@@H]2C[C@@H](O)CN2C(=O)[C@@H](NC(=O)COCC2CCNCC2)C(C)(C)C)cc1. The van der Waals surface area contributed by atoms with Crippen LogP contribution in [-0.4, -0.2) is 83.7 Å². The van der Waals surface area contributed by atoms with Crippen molar-refractivity contribution < 1.29 is 24.2 Å². The van der Waals surface area contributed by atoms with Crippen LogP contribution in [-0.2, 0) is 19.1 Å². The Hall–Kier alpha value is -2.86. The number of aliphatic hydroxyl groups excluding tert-OH is 1. The molecular formula is C31H45N5O5S. The van der Waals surface area contributed by atoms with Gasteiger partial charge in [-0.1, -0.05) is 45.0 Å². The minimum Gasteiger partial charge on any atom is -0.391 e. The zero-order valence-corrected chi connectivity index (χ0v) is 26.1. The standard InChI is InChI=1S/C31H45N5O5S/c1-19(22-6-8-23(9-7-22)27-20(2)33-18-42-27)34-29(39)25-14-24(37)15-36(25)30(40)28(31(3,4)5)35-26(38)17-41-16-21-10-12-32-13-11-21/h6-9,18-19,21,24-25,28,32,37H,10-17H2,1-5H3,(H,34,39)(H,35,38)/t19-,24+,25-,28+/m0/s1. The molecule has 1 aromatic carbocycles. The van der Waals surface area contributed by atoms with Crippen molar-refractivity contribution in [2.24, 2.45) is 11.3 Å². The number of thiazole rings is 1. The van der Waals surface area contributed by atoms with Gasteiger partial charge in [-0.25, -0.2) is 4.98 Å². The first kappa shape index (κ1) is 32.1. The molecule has 11 heteroatoms. The molecule has 0 bridgehead atoms. The molecule has 42 heavy (non-hydrogen) atoms. The number of aromatic nitrogens is 1. The van der Waals surface area contributed by atoms with Gasteiger partial charge in [-0.05, 0) is 62.2 Å². The summed E-state index contributed by atoms with van der Waals surface area (Å²) in [5.74, 6) is -0.669. The Morgan fingerprint density at radius 2 is 1.86 bits per heavy atom. The molecule has 3 heterocycles. The zero-order valence-electron chi connectivity index (χ0n) is 25.3. The van der Waals surface area contributed by atoms with Crippen molar-refractivity contribution in [3.63, 3.8) is 0 Å². The second-order valence-electron chi connectivity index (χ2n) is 12.6. The third-order valence-corrected chi connectivity index (χ3v) is 9.08. The van der Waals surface area contributed by atoms with Crippen LogP contribution in [0.5, 0.6) is 0 Å². The molecule has 230 valence electrons. The molecule has 2 aliphatic rings. The van der Waals surface area contributed by atoms with Gasteiger partial charge in [0.15, 0.2) is 0 Å². The smallest absolute Gasteiger partial charge is 0.246 e. The normalized spacial score (nSPS) is 21.1. The van der Waals surface area contributed by atoms with Gasteiger partial charge in [-0.2, -0.15) is 0 Å². The van der Waals surface area contributed by atoms with Crippen LogP contribution in [0.15, 0.2) is 29.8 Å². The highest BCUT2D eigenvalue weighted by atomic mass is 32.1. The van der Waals surface area contributed by atoms with Gasteiger partial charge in [-0.3, -0.25) is 14.4 Å². The number of nitrogens with zero attached hydrogens (tertiary/aromatic N) is 2. The quantitative estimate of drug-likeness (QED) is 0.330. The van der Waals surface area contributed by atoms with Crippen molar-refractivity contribution in [1.82, 2.24) is 25.8 Å². The highest BCUT2D eigenvalue weighted by Gasteiger charge is 2.44. The largest absolute Gasteiger partial charge is 0.391 e. The molecule has 2 fully saturated rings. The first-order valence-corrected chi connectivity index (χ1v) is 15.7. The molecule has 4 N–H and O–H groups in total. The monoisotopic (exact) mass is 599 g/mol. The summed E-state index contributed by atoms with van der Waals surface area (Å²) in [7, 11) is 0. The molecular weight excluding hydrogens is 554 g/mol. The van der Waals surface area contributed by atoms with Gasteiger partial charge in [0, 0.05) is 13.0 Å². The van der Waals surface area contributed by atoms with Gasteiger partial charge >= 0.3 is 0 Å². The molecule has 4 rings (SSSR count). The van der Waals surface area contributed by atoms with Gasteiger partial charge in [0.05, 0.1) is 34.8 Å². The summed E-state index contributed by atoms with van der Waals surface area (Å²) < 4.78 is 5.68. The van der Waals surface area contributed by atoms with Gasteiger partial charge in [0.1, 0.15) is 18.7 Å². The molecule has 0 aliphatic carbocycles. The number of carbonyl (C=O) groups is 3. The molecule has 4 atom stereocenters. The second kappa shape index (κ2) is 14.1. The van der Waals surface area contributed by atoms with E-state index in [1.54, 1.807) is 11.3 Å². The topological polar surface area (TPSA) is 133 Å².